The molecule has 0 aliphatic rings. The SMILES string of the molecule is COc1ccc(Cl)cc1-c1nc(CN)[nH]c1C. The zero-order chi connectivity index (χ0) is 12.4. The third kappa shape index (κ3) is 2.28. The van der Waals surface area contributed by atoms with E-state index in [1.54, 1.807) is 13.2 Å². The molecule has 0 fully saturated rings. The smallest absolute Gasteiger partial charge is 0.128 e. The van der Waals surface area contributed by atoms with Gasteiger partial charge in [-0.2, -0.15) is 0 Å². The maximum absolute atomic E-state index is 6.00. The number of nitrogens with two attached hydrogens (primary N) is 1. The molecule has 1 heterocycles. The van der Waals surface area contributed by atoms with E-state index >= 15 is 0 Å². The van der Waals surface area contributed by atoms with Crippen LogP contribution in [0.1, 0.15) is 11.5 Å². The molecular formula is C12H14ClN3O. The van der Waals surface area contributed by atoms with Crippen LogP contribution in [0.5, 0.6) is 5.75 Å². The van der Waals surface area contributed by atoms with E-state index in [-0.39, 0.29) is 0 Å². The highest BCUT2D eigenvalue weighted by Crippen LogP contribution is 2.33. The van der Waals surface area contributed by atoms with Crippen LogP contribution < -0.4 is 10.5 Å². The van der Waals surface area contributed by atoms with Crippen LogP contribution in [-0.2, 0) is 6.54 Å². The number of aryl methyl sites for hydroxylation is 1. The lowest BCUT2D eigenvalue weighted by Crippen LogP contribution is -1.98. The second-order valence-electron chi connectivity index (χ2n) is 3.71. The van der Waals surface area contributed by atoms with Gasteiger partial charge in [0.25, 0.3) is 0 Å². The van der Waals surface area contributed by atoms with E-state index in [2.05, 4.69) is 9.97 Å². The van der Waals surface area contributed by atoms with Gasteiger partial charge in [0.15, 0.2) is 0 Å². The van der Waals surface area contributed by atoms with Gasteiger partial charge in [-0.3, -0.25) is 0 Å². The van der Waals surface area contributed by atoms with Crippen LogP contribution in [0.3, 0.4) is 0 Å². The third-order valence-corrected chi connectivity index (χ3v) is 2.78. The number of aromatic nitrogens is 2. The minimum Gasteiger partial charge on any atom is -0.496 e. The topological polar surface area (TPSA) is 63.9 Å². The summed E-state index contributed by atoms with van der Waals surface area (Å²) < 4.78 is 5.31. The number of hydrogen-bond acceptors (Lipinski definition) is 3. The molecule has 2 rings (SSSR count). The number of rotatable bonds is 3. The highest BCUT2D eigenvalue weighted by molar-refractivity contribution is 6.31. The Morgan fingerprint density at radius 3 is 2.82 bits per heavy atom. The second-order valence-corrected chi connectivity index (χ2v) is 4.14. The zero-order valence-corrected chi connectivity index (χ0v) is 10.5. The molecule has 0 aliphatic carbocycles. The first-order valence-electron chi connectivity index (χ1n) is 5.25. The van der Waals surface area contributed by atoms with Crippen molar-refractivity contribution >= 4 is 11.6 Å². The van der Waals surface area contributed by atoms with Crippen molar-refractivity contribution in [3.63, 3.8) is 0 Å². The van der Waals surface area contributed by atoms with Gasteiger partial charge in [0, 0.05) is 16.3 Å². The van der Waals surface area contributed by atoms with E-state index < -0.39 is 0 Å². The molecule has 0 atom stereocenters. The van der Waals surface area contributed by atoms with Gasteiger partial charge in [0.05, 0.1) is 19.3 Å². The van der Waals surface area contributed by atoms with Gasteiger partial charge in [-0.25, -0.2) is 4.98 Å². The minimum atomic E-state index is 0.379. The molecule has 0 aliphatic heterocycles. The Kier molecular flexibility index (Phi) is 3.36. The number of imidazole rings is 1. The number of halogens is 1. The number of aromatic amines is 1. The van der Waals surface area contributed by atoms with Crippen molar-refractivity contribution in [3.8, 4) is 17.0 Å². The minimum absolute atomic E-state index is 0.379. The van der Waals surface area contributed by atoms with Gasteiger partial charge >= 0.3 is 0 Å². The molecule has 0 saturated heterocycles. The fourth-order valence-corrected chi connectivity index (χ4v) is 1.92. The van der Waals surface area contributed by atoms with E-state index in [0.29, 0.717) is 11.6 Å². The van der Waals surface area contributed by atoms with Gasteiger partial charge in [0.2, 0.25) is 0 Å². The molecule has 0 spiro atoms. The lowest BCUT2D eigenvalue weighted by Gasteiger charge is -2.07. The van der Waals surface area contributed by atoms with Crippen molar-refractivity contribution in [1.82, 2.24) is 9.97 Å². The fraction of sp³-hybridized carbons (Fsp3) is 0.250. The lowest BCUT2D eigenvalue weighted by atomic mass is 10.1. The molecule has 0 saturated carbocycles. The summed E-state index contributed by atoms with van der Waals surface area (Å²) in [6, 6.07) is 5.45. The molecule has 1 aromatic carbocycles. The molecule has 90 valence electrons. The number of methoxy groups -OCH3 is 1. The summed E-state index contributed by atoms with van der Waals surface area (Å²) in [6.45, 7) is 2.32. The lowest BCUT2D eigenvalue weighted by molar-refractivity contribution is 0.416. The molecule has 1 aromatic heterocycles. The molecule has 4 nitrogen and oxygen atoms in total. The second kappa shape index (κ2) is 4.77. The maximum Gasteiger partial charge on any atom is 0.128 e. The number of nitrogens with one attached hydrogen (secondary N) is 1. The number of ether oxygens (including phenoxy) is 1. The van der Waals surface area contributed by atoms with Crippen LogP contribution in [0.25, 0.3) is 11.3 Å². The molecule has 5 heteroatoms. The summed E-state index contributed by atoms with van der Waals surface area (Å²) in [6.07, 6.45) is 0. The quantitative estimate of drug-likeness (QED) is 0.881. The van der Waals surface area contributed by atoms with E-state index in [1.807, 2.05) is 19.1 Å². The van der Waals surface area contributed by atoms with Crippen LogP contribution in [0.2, 0.25) is 5.02 Å². The molecule has 0 unspecified atom stereocenters. The molecule has 0 radical (unpaired) electrons. The maximum atomic E-state index is 6.00. The van der Waals surface area contributed by atoms with Crippen LogP contribution in [0.4, 0.5) is 0 Å². The molecule has 0 amide bonds. The fourth-order valence-electron chi connectivity index (χ4n) is 1.75. The van der Waals surface area contributed by atoms with Crippen LogP contribution in [0.15, 0.2) is 18.2 Å². The zero-order valence-electron chi connectivity index (χ0n) is 9.75. The molecular weight excluding hydrogens is 238 g/mol. The molecule has 17 heavy (non-hydrogen) atoms. The average Bonchev–Trinajstić information content (AvgIpc) is 2.70. The standard InChI is InChI=1S/C12H14ClN3O/c1-7-12(16-11(6-14)15-7)9-5-8(13)3-4-10(9)17-2/h3-5H,6,14H2,1-2H3,(H,15,16). The van der Waals surface area contributed by atoms with Gasteiger partial charge in [0.1, 0.15) is 11.6 Å². The van der Waals surface area contributed by atoms with Crippen LogP contribution >= 0.6 is 11.6 Å². The van der Waals surface area contributed by atoms with Gasteiger partial charge in [-0.1, -0.05) is 11.6 Å². The Morgan fingerprint density at radius 1 is 1.47 bits per heavy atom. The summed E-state index contributed by atoms with van der Waals surface area (Å²) >= 11 is 6.00. The summed E-state index contributed by atoms with van der Waals surface area (Å²) in [5.74, 6) is 1.49. The van der Waals surface area contributed by atoms with E-state index in [4.69, 9.17) is 22.1 Å². The van der Waals surface area contributed by atoms with E-state index in [9.17, 15) is 0 Å². The van der Waals surface area contributed by atoms with Crippen LogP contribution in [-0.4, -0.2) is 17.1 Å². The number of benzene rings is 1. The van der Waals surface area contributed by atoms with Crippen LogP contribution in [0, 0.1) is 6.92 Å². The van der Waals surface area contributed by atoms with Crippen molar-refractivity contribution in [2.45, 2.75) is 13.5 Å². The van der Waals surface area contributed by atoms with Gasteiger partial charge in [-0.15, -0.1) is 0 Å². The predicted molar refractivity (Wildman–Crippen MR) is 68.2 cm³/mol. The predicted octanol–water partition coefficient (Wildman–Crippen LogP) is 2.51. The number of H-pyrrole nitrogens is 1. The Morgan fingerprint density at radius 2 is 2.24 bits per heavy atom. The highest BCUT2D eigenvalue weighted by atomic mass is 35.5. The largest absolute Gasteiger partial charge is 0.496 e. The van der Waals surface area contributed by atoms with Crippen molar-refractivity contribution < 1.29 is 4.74 Å². The first-order valence-corrected chi connectivity index (χ1v) is 5.63. The number of hydrogen-bond donors (Lipinski definition) is 2. The summed E-state index contributed by atoms with van der Waals surface area (Å²) in [5, 5.41) is 0.650. The first kappa shape index (κ1) is 12.0. The molecule has 0 bridgehead atoms. The molecule has 2 aromatic rings. The monoisotopic (exact) mass is 251 g/mol. The van der Waals surface area contributed by atoms with Crippen molar-refractivity contribution in [1.29, 1.82) is 0 Å². The van der Waals surface area contributed by atoms with Crippen molar-refractivity contribution in [2.24, 2.45) is 5.73 Å². The number of nitrogens with zero attached hydrogens (tertiary/aromatic N) is 1. The third-order valence-electron chi connectivity index (χ3n) is 2.54. The average molecular weight is 252 g/mol. The van der Waals surface area contributed by atoms with E-state index in [1.165, 1.54) is 0 Å². The van der Waals surface area contributed by atoms with Crippen molar-refractivity contribution in [3.05, 3.63) is 34.7 Å². The molecule has 3 N–H and O–H groups in total. The Bertz CT molecular complexity index is 537. The summed E-state index contributed by atoms with van der Waals surface area (Å²) in [5.41, 5.74) is 8.20. The van der Waals surface area contributed by atoms with Gasteiger partial charge in [-0.05, 0) is 25.1 Å². The summed E-state index contributed by atoms with van der Waals surface area (Å²) in [7, 11) is 1.62. The summed E-state index contributed by atoms with van der Waals surface area (Å²) in [4.78, 5) is 7.56. The highest BCUT2D eigenvalue weighted by Gasteiger charge is 2.13. The first-order chi connectivity index (χ1) is 8.15. The Balaban J connectivity index is 2.58. The Hall–Kier alpha value is -1.52. The van der Waals surface area contributed by atoms with Gasteiger partial charge < -0.3 is 15.5 Å². The van der Waals surface area contributed by atoms with E-state index in [0.717, 1.165) is 28.5 Å². The normalized spacial score (nSPS) is 10.6. The van der Waals surface area contributed by atoms with Crippen molar-refractivity contribution in [2.75, 3.05) is 7.11 Å². The Labute approximate surface area is 105 Å².